The van der Waals surface area contributed by atoms with Crippen LogP contribution in [0.1, 0.15) is 19.8 Å². The van der Waals surface area contributed by atoms with Gasteiger partial charge in [-0.1, -0.05) is 0 Å². The van der Waals surface area contributed by atoms with Gasteiger partial charge in [0, 0.05) is 6.42 Å². The molecule has 0 aromatic carbocycles. The molecule has 7 N–H and O–H groups in total. The van der Waals surface area contributed by atoms with Gasteiger partial charge in [-0.25, -0.2) is 0 Å². The van der Waals surface area contributed by atoms with E-state index >= 15 is 0 Å². The Morgan fingerprint density at radius 1 is 1.22 bits per heavy atom. The fourth-order valence-corrected chi connectivity index (χ4v) is 2.62. The van der Waals surface area contributed by atoms with Crippen LogP contribution in [0.3, 0.4) is 0 Å². The normalized spacial score (nSPS) is 16.4. The van der Waals surface area contributed by atoms with Crippen molar-refractivity contribution < 1.29 is 48.3 Å². The Morgan fingerprint density at radius 3 is 2.11 bits per heavy atom. The van der Waals surface area contributed by atoms with Crippen molar-refractivity contribution >= 4 is 22.3 Å². The predicted octanol–water partition coefficient (Wildman–Crippen LogP) is -1.05. The summed E-state index contributed by atoms with van der Waals surface area (Å²) in [5, 5.41) is 18.0. The molecule has 0 aliphatic carbocycles. The zero-order chi connectivity index (χ0) is 14.6. The zero-order valence-electron chi connectivity index (χ0n) is 9.37. The predicted molar refractivity (Wildman–Crippen MR) is 59.5 cm³/mol. The van der Waals surface area contributed by atoms with Gasteiger partial charge in [0.1, 0.15) is 6.61 Å². The summed E-state index contributed by atoms with van der Waals surface area (Å²) in [6, 6.07) is 0. The number of carbonyl (C=O) groups is 1. The molecule has 0 aliphatic rings. The van der Waals surface area contributed by atoms with Crippen molar-refractivity contribution in [3.05, 3.63) is 0 Å². The Bertz CT molecular complexity index is 285. The van der Waals surface area contributed by atoms with Gasteiger partial charge in [-0.2, -0.15) is 29.0 Å². The average molecular weight is 310 g/mol. The van der Waals surface area contributed by atoms with E-state index < -0.39 is 40.9 Å². The summed E-state index contributed by atoms with van der Waals surface area (Å²) in [5.41, 5.74) is -1.64. The molecule has 108 valence electrons. The topological polar surface area (TPSA) is 177 Å². The van der Waals surface area contributed by atoms with E-state index in [4.69, 9.17) is 29.6 Å². The summed E-state index contributed by atoms with van der Waals surface area (Å²) in [6.07, 6.45) is -0.865. The monoisotopic (exact) mass is 310 g/mol. The van der Waals surface area contributed by atoms with Crippen LogP contribution in [0.2, 0.25) is 0 Å². The lowest BCUT2D eigenvalue weighted by Gasteiger charge is -2.20. The lowest BCUT2D eigenvalue weighted by molar-refractivity contribution is -0.142. The Balaban J connectivity index is 4.14. The zero-order valence-corrected chi connectivity index (χ0v) is 11.2. The number of hydrogen-bond acceptors (Lipinski definition) is 9. The average Bonchev–Trinajstić information content (AvgIpc) is 1.93. The summed E-state index contributed by atoms with van der Waals surface area (Å²) in [4.78, 5) is 53.6. The lowest BCUT2D eigenvalue weighted by Crippen LogP contribution is -2.29. The third kappa shape index (κ3) is 9.98. The number of rotatable bonds is 8. The minimum atomic E-state index is -4.87. The van der Waals surface area contributed by atoms with E-state index in [2.05, 4.69) is 8.83 Å². The highest BCUT2D eigenvalue weighted by Crippen LogP contribution is 2.67. The third-order valence-corrected chi connectivity index (χ3v) is 3.89. The molecule has 0 aromatic heterocycles. The number of carboxylic acid groups (broad SMARTS) is 1. The smallest absolute Gasteiger partial charge is 0.481 e. The Labute approximate surface area is 103 Å². The van der Waals surface area contributed by atoms with Gasteiger partial charge in [0.25, 0.3) is 0 Å². The standard InChI is InChI=1S/C6H15O10P2/c1-6(9,4-5(7)8)2-3-15-18(13,14)16-17(10,11)12/h9-14H,2-4H2,1H3/q+1/p+1. The first-order chi connectivity index (χ1) is 7.83. The van der Waals surface area contributed by atoms with Crippen molar-refractivity contribution in [2.45, 2.75) is 25.4 Å². The molecular weight excluding hydrogens is 294 g/mol. The lowest BCUT2D eigenvalue weighted by atomic mass is 9.99. The second-order valence-electron chi connectivity index (χ2n) is 3.74. The molecule has 1 unspecified atom stereocenters. The molecule has 0 radical (unpaired) electrons. The highest BCUT2D eigenvalue weighted by atomic mass is 31.3. The van der Waals surface area contributed by atoms with Gasteiger partial charge in [0.05, 0.1) is 16.3 Å². The van der Waals surface area contributed by atoms with Crippen LogP contribution < -0.4 is 0 Å². The van der Waals surface area contributed by atoms with Crippen LogP contribution >= 0.6 is 16.3 Å². The highest BCUT2D eigenvalue weighted by molar-refractivity contribution is 7.67. The first-order valence-corrected chi connectivity index (χ1v) is 7.64. The van der Waals surface area contributed by atoms with E-state index in [1.54, 1.807) is 0 Å². The van der Waals surface area contributed by atoms with Crippen LogP contribution in [0.5, 0.6) is 0 Å². The largest absolute Gasteiger partial charge is 0.620 e. The maximum atomic E-state index is 10.4. The van der Waals surface area contributed by atoms with Crippen molar-refractivity contribution in [3.8, 4) is 0 Å². The van der Waals surface area contributed by atoms with Gasteiger partial charge in [-0.3, -0.25) is 4.79 Å². The molecule has 0 aliphatic heterocycles. The van der Waals surface area contributed by atoms with Crippen LogP contribution in [-0.2, 0) is 13.6 Å². The second kappa shape index (κ2) is 6.44. The van der Waals surface area contributed by atoms with Gasteiger partial charge >= 0.3 is 22.3 Å². The molecule has 12 heteroatoms. The Hall–Kier alpha value is 0.01000. The van der Waals surface area contributed by atoms with Crippen molar-refractivity contribution in [2.75, 3.05) is 6.61 Å². The number of hydrogen-bond donors (Lipinski definition) is 7. The van der Waals surface area contributed by atoms with Gasteiger partial charge < -0.3 is 10.2 Å². The van der Waals surface area contributed by atoms with E-state index in [1.165, 1.54) is 6.92 Å². The summed E-state index contributed by atoms with van der Waals surface area (Å²) >= 11 is 0. The quantitative estimate of drug-likeness (QED) is 0.274. The van der Waals surface area contributed by atoms with Gasteiger partial charge in [-0.05, 0) is 6.92 Å². The van der Waals surface area contributed by atoms with Crippen molar-refractivity contribution in [1.82, 2.24) is 0 Å². The first kappa shape index (κ1) is 18.0. The molecule has 0 heterocycles. The van der Waals surface area contributed by atoms with Gasteiger partial charge in [0.15, 0.2) is 0 Å². The van der Waals surface area contributed by atoms with E-state index in [0.29, 0.717) is 0 Å². The van der Waals surface area contributed by atoms with Crippen molar-refractivity contribution in [1.29, 1.82) is 0 Å². The molecule has 0 saturated carbocycles. The minimum absolute atomic E-state index is 0.279. The molecule has 0 fully saturated rings. The molecule has 1 atom stereocenters. The maximum absolute atomic E-state index is 10.4. The number of carboxylic acids is 1. The van der Waals surface area contributed by atoms with Crippen LogP contribution in [0.4, 0.5) is 0 Å². The highest BCUT2D eigenvalue weighted by Gasteiger charge is 2.58. The molecule has 10 nitrogen and oxygen atoms in total. The summed E-state index contributed by atoms with van der Waals surface area (Å²) in [6.45, 7) is 0.669. The molecular formula is C6H16O10P2+2. The first-order valence-electron chi connectivity index (χ1n) is 4.55. The molecule has 0 aromatic rings. The van der Waals surface area contributed by atoms with E-state index in [9.17, 15) is 9.90 Å². The molecule has 0 spiro atoms. The van der Waals surface area contributed by atoms with Crippen LogP contribution in [0.25, 0.3) is 0 Å². The summed E-state index contributed by atoms with van der Waals surface area (Å²) in [5.74, 6) is -1.25. The Kier molecular flexibility index (Phi) is 6.45. The molecule has 0 bridgehead atoms. The summed E-state index contributed by atoms with van der Waals surface area (Å²) in [7, 11) is -9.52. The molecule has 0 rings (SSSR count). The Morgan fingerprint density at radius 2 is 1.72 bits per heavy atom. The summed E-state index contributed by atoms with van der Waals surface area (Å²) < 4.78 is 8.02. The van der Waals surface area contributed by atoms with Crippen LogP contribution in [0.15, 0.2) is 0 Å². The maximum Gasteiger partial charge on any atom is 0.620 e. The van der Waals surface area contributed by atoms with Gasteiger partial charge in [0.2, 0.25) is 0 Å². The third-order valence-electron chi connectivity index (χ3n) is 1.65. The molecule has 0 saturated heterocycles. The molecule has 0 amide bonds. The fraction of sp³-hybridized carbons (Fsp3) is 0.833. The van der Waals surface area contributed by atoms with Crippen molar-refractivity contribution in [2.24, 2.45) is 0 Å². The van der Waals surface area contributed by atoms with Crippen LogP contribution in [-0.4, -0.2) is 52.9 Å². The van der Waals surface area contributed by atoms with E-state index in [1.807, 2.05) is 0 Å². The fourth-order valence-electron chi connectivity index (χ4n) is 0.965. The van der Waals surface area contributed by atoms with E-state index in [-0.39, 0.29) is 6.42 Å². The minimum Gasteiger partial charge on any atom is -0.481 e. The number of aliphatic carboxylic acids is 1. The SMILES string of the molecule is CC(O)(CCO[P+](O)(O)O[P+](O)(O)O)CC(=O)O. The van der Waals surface area contributed by atoms with E-state index in [0.717, 1.165) is 0 Å². The number of aliphatic hydroxyl groups is 1. The van der Waals surface area contributed by atoms with Crippen molar-refractivity contribution in [3.63, 3.8) is 0 Å². The molecule has 18 heavy (non-hydrogen) atoms. The van der Waals surface area contributed by atoms with Crippen LogP contribution in [0, 0.1) is 0 Å². The second-order valence-corrected chi connectivity index (χ2v) is 6.66. The van der Waals surface area contributed by atoms with Gasteiger partial charge in [-0.15, -0.1) is 0 Å².